The zero-order chi connectivity index (χ0) is 24.0. The van der Waals surface area contributed by atoms with Gasteiger partial charge in [0, 0.05) is 23.9 Å². The van der Waals surface area contributed by atoms with Crippen LogP contribution in [0.3, 0.4) is 0 Å². The highest BCUT2D eigenvalue weighted by molar-refractivity contribution is 6.34. The summed E-state index contributed by atoms with van der Waals surface area (Å²) in [6.07, 6.45) is 0. The first kappa shape index (κ1) is 23.2. The van der Waals surface area contributed by atoms with Gasteiger partial charge in [0.2, 0.25) is 0 Å². The van der Waals surface area contributed by atoms with Crippen LogP contribution in [0.4, 0.5) is 17.1 Å². The molecule has 0 aromatic heterocycles. The van der Waals surface area contributed by atoms with Gasteiger partial charge in [-0.3, -0.25) is 24.5 Å². The Balaban J connectivity index is 1.77. The predicted octanol–water partition coefficient (Wildman–Crippen LogP) is 3.62. The third-order valence-electron chi connectivity index (χ3n) is 4.30. The fourth-order valence-corrected chi connectivity index (χ4v) is 3.06. The number of nitro benzene ring substituents is 1. The number of primary amides is 1. The first-order valence-corrected chi connectivity index (χ1v) is 9.79. The lowest BCUT2D eigenvalue weighted by molar-refractivity contribution is -0.384. The summed E-state index contributed by atoms with van der Waals surface area (Å²) in [5, 5.41) is 16.0. The van der Waals surface area contributed by atoms with Crippen molar-refractivity contribution in [2.75, 3.05) is 17.2 Å². The van der Waals surface area contributed by atoms with Gasteiger partial charge in [-0.25, -0.2) is 0 Å². The summed E-state index contributed by atoms with van der Waals surface area (Å²) in [6.45, 7) is -0.308. The smallest absolute Gasteiger partial charge is 0.270 e. The highest BCUT2D eigenvalue weighted by Crippen LogP contribution is 2.25. The molecule has 0 aliphatic carbocycles. The van der Waals surface area contributed by atoms with E-state index in [1.54, 1.807) is 30.3 Å². The van der Waals surface area contributed by atoms with Crippen LogP contribution in [0.25, 0.3) is 0 Å². The Morgan fingerprint density at radius 1 is 0.939 bits per heavy atom. The number of carbonyl (C=O) groups is 3. The number of nitrogens with two attached hydrogens (primary N) is 1. The number of halogens is 1. The summed E-state index contributed by atoms with van der Waals surface area (Å²) in [4.78, 5) is 46.6. The molecule has 33 heavy (non-hydrogen) atoms. The predicted molar refractivity (Wildman–Crippen MR) is 122 cm³/mol. The number of non-ortho nitro benzene ring substituents is 1. The third-order valence-corrected chi connectivity index (χ3v) is 4.61. The minimum atomic E-state index is -0.642. The Bertz CT molecular complexity index is 1250. The van der Waals surface area contributed by atoms with Crippen molar-refractivity contribution in [1.82, 2.24) is 0 Å². The fourth-order valence-electron chi connectivity index (χ4n) is 2.80. The lowest BCUT2D eigenvalue weighted by Crippen LogP contribution is -2.20. The maximum absolute atomic E-state index is 12.8. The molecule has 0 saturated heterocycles. The first-order chi connectivity index (χ1) is 15.7. The summed E-state index contributed by atoms with van der Waals surface area (Å²) < 4.78 is 5.22. The van der Waals surface area contributed by atoms with Gasteiger partial charge in [-0.2, -0.15) is 0 Å². The molecule has 0 unspecified atom stereocenters. The molecule has 3 rings (SSSR count). The van der Waals surface area contributed by atoms with Gasteiger partial charge in [-0.05, 0) is 30.3 Å². The van der Waals surface area contributed by atoms with Gasteiger partial charge in [0.05, 0.1) is 26.8 Å². The van der Waals surface area contributed by atoms with Gasteiger partial charge >= 0.3 is 0 Å². The summed E-state index contributed by atoms with van der Waals surface area (Å²) in [7, 11) is 0. The number of hydrogen-bond donors (Lipinski definition) is 3. The van der Waals surface area contributed by atoms with Crippen LogP contribution in [0.5, 0.6) is 5.75 Å². The molecule has 10 nitrogen and oxygen atoms in total. The third kappa shape index (κ3) is 6.05. The average molecular weight is 469 g/mol. The van der Waals surface area contributed by atoms with Crippen LogP contribution in [0.15, 0.2) is 66.7 Å². The average Bonchev–Trinajstić information content (AvgIpc) is 2.78. The van der Waals surface area contributed by atoms with E-state index in [4.69, 9.17) is 22.1 Å². The molecular weight excluding hydrogens is 452 g/mol. The van der Waals surface area contributed by atoms with Crippen molar-refractivity contribution in [3.8, 4) is 5.75 Å². The van der Waals surface area contributed by atoms with Gasteiger partial charge in [0.25, 0.3) is 23.4 Å². The number of nitro groups is 1. The Morgan fingerprint density at radius 3 is 2.36 bits per heavy atom. The van der Waals surface area contributed by atoms with E-state index in [-0.39, 0.29) is 34.1 Å². The number of ether oxygens (including phenoxy) is 1. The zero-order valence-corrected chi connectivity index (χ0v) is 17.7. The van der Waals surface area contributed by atoms with Crippen molar-refractivity contribution >= 4 is 46.4 Å². The van der Waals surface area contributed by atoms with E-state index in [2.05, 4.69) is 10.6 Å². The van der Waals surface area contributed by atoms with Crippen molar-refractivity contribution in [2.45, 2.75) is 0 Å². The Labute approximate surface area is 192 Å². The van der Waals surface area contributed by atoms with Crippen molar-refractivity contribution in [3.63, 3.8) is 0 Å². The molecular formula is C22H17ClN4O6. The number of nitrogens with zero attached hydrogens (tertiary/aromatic N) is 1. The van der Waals surface area contributed by atoms with Crippen molar-refractivity contribution in [2.24, 2.45) is 5.73 Å². The maximum atomic E-state index is 12.8. The molecule has 168 valence electrons. The molecule has 3 aromatic carbocycles. The molecule has 0 aliphatic heterocycles. The van der Waals surface area contributed by atoms with E-state index in [1.165, 1.54) is 24.3 Å². The first-order valence-electron chi connectivity index (χ1n) is 9.41. The fraction of sp³-hybridized carbons (Fsp3) is 0.0455. The van der Waals surface area contributed by atoms with Crippen LogP contribution in [0.1, 0.15) is 20.7 Å². The molecule has 0 saturated carbocycles. The molecule has 0 spiro atoms. The summed E-state index contributed by atoms with van der Waals surface area (Å²) in [5.41, 5.74) is 5.57. The second-order valence-corrected chi connectivity index (χ2v) is 7.07. The standard InChI is InChI=1S/C22H17ClN4O6/c23-18-11-14(27(31)32)8-9-16(18)21(29)26-19-7-2-1-6-17(19)22(30)25-13-4-3-5-15(10-13)33-12-20(24)28/h1-11H,12H2,(H2,24,28)(H,25,30)(H,26,29). The molecule has 3 aromatic rings. The maximum Gasteiger partial charge on any atom is 0.270 e. The van der Waals surface area contributed by atoms with Crippen molar-refractivity contribution in [1.29, 1.82) is 0 Å². The minimum Gasteiger partial charge on any atom is -0.484 e. The molecule has 11 heteroatoms. The number of para-hydroxylation sites is 1. The van der Waals surface area contributed by atoms with E-state index in [0.717, 1.165) is 12.1 Å². The van der Waals surface area contributed by atoms with Crippen molar-refractivity contribution in [3.05, 3.63) is 93.0 Å². The molecule has 0 heterocycles. The van der Waals surface area contributed by atoms with Crippen LogP contribution in [-0.2, 0) is 4.79 Å². The van der Waals surface area contributed by atoms with E-state index >= 15 is 0 Å². The minimum absolute atomic E-state index is 0.0109. The monoisotopic (exact) mass is 468 g/mol. The quantitative estimate of drug-likeness (QED) is 0.339. The number of benzene rings is 3. The summed E-state index contributed by atoms with van der Waals surface area (Å²) in [6, 6.07) is 16.1. The van der Waals surface area contributed by atoms with Crippen LogP contribution in [0.2, 0.25) is 5.02 Å². The van der Waals surface area contributed by atoms with Gasteiger partial charge in [0.1, 0.15) is 5.75 Å². The van der Waals surface area contributed by atoms with Gasteiger partial charge < -0.3 is 21.1 Å². The molecule has 4 N–H and O–H groups in total. The molecule has 0 atom stereocenters. The number of nitrogens with one attached hydrogen (secondary N) is 2. The molecule has 3 amide bonds. The highest BCUT2D eigenvalue weighted by atomic mass is 35.5. The number of amides is 3. The largest absolute Gasteiger partial charge is 0.484 e. The molecule has 0 radical (unpaired) electrons. The Hall–Kier alpha value is -4.44. The molecule has 0 fully saturated rings. The zero-order valence-electron chi connectivity index (χ0n) is 16.9. The summed E-state index contributed by atoms with van der Waals surface area (Å²) >= 11 is 6.02. The van der Waals surface area contributed by atoms with Crippen LogP contribution in [0, 0.1) is 10.1 Å². The van der Waals surface area contributed by atoms with Crippen LogP contribution in [-0.4, -0.2) is 29.3 Å². The number of carbonyl (C=O) groups excluding carboxylic acids is 3. The molecule has 0 aliphatic rings. The van der Waals surface area contributed by atoms with E-state index in [9.17, 15) is 24.5 Å². The van der Waals surface area contributed by atoms with E-state index in [1.807, 2.05) is 0 Å². The van der Waals surface area contributed by atoms with Gasteiger partial charge in [-0.1, -0.05) is 29.8 Å². The SMILES string of the molecule is NC(=O)COc1cccc(NC(=O)c2ccccc2NC(=O)c2ccc([N+](=O)[O-])cc2Cl)c1. The topological polar surface area (TPSA) is 154 Å². The second-order valence-electron chi connectivity index (χ2n) is 6.66. The number of rotatable bonds is 8. The van der Waals surface area contributed by atoms with Gasteiger partial charge in [0.15, 0.2) is 6.61 Å². The van der Waals surface area contributed by atoms with Crippen LogP contribution < -0.4 is 21.1 Å². The Kier molecular flexibility index (Phi) is 7.21. The Morgan fingerprint density at radius 2 is 1.67 bits per heavy atom. The number of anilines is 2. The summed E-state index contributed by atoms with van der Waals surface area (Å²) in [5.74, 6) is -1.46. The number of hydrogen-bond acceptors (Lipinski definition) is 6. The molecule has 0 bridgehead atoms. The van der Waals surface area contributed by atoms with E-state index < -0.39 is 22.6 Å². The highest BCUT2D eigenvalue weighted by Gasteiger charge is 2.18. The van der Waals surface area contributed by atoms with Crippen molar-refractivity contribution < 1.29 is 24.0 Å². The normalized spacial score (nSPS) is 10.2. The lowest BCUT2D eigenvalue weighted by Gasteiger charge is -2.13. The van der Waals surface area contributed by atoms with Gasteiger partial charge in [-0.15, -0.1) is 0 Å². The van der Waals surface area contributed by atoms with Crippen LogP contribution >= 0.6 is 11.6 Å². The van der Waals surface area contributed by atoms with E-state index in [0.29, 0.717) is 11.4 Å². The lowest BCUT2D eigenvalue weighted by atomic mass is 10.1. The second kappa shape index (κ2) is 10.2.